The third-order valence-electron chi connectivity index (χ3n) is 5.09. The molecule has 0 saturated carbocycles. The van der Waals surface area contributed by atoms with Crippen molar-refractivity contribution in [3.05, 3.63) is 87.9 Å². The summed E-state index contributed by atoms with van der Waals surface area (Å²) in [6, 6.07) is 19.0. The molecule has 3 N–H and O–H groups in total. The topological polar surface area (TPSA) is 99.1 Å². The summed E-state index contributed by atoms with van der Waals surface area (Å²) in [5, 5.41) is 21.5. The van der Waals surface area contributed by atoms with Crippen LogP contribution in [0.1, 0.15) is 11.1 Å². The monoisotopic (exact) mass is 538 g/mol. The Kier molecular flexibility index (Phi) is 9.65. The van der Waals surface area contributed by atoms with Crippen LogP contribution in [0.3, 0.4) is 0 Å². The Balaban J connectivity index is 1.60. The van der Waals surface area contributed by atoms with E-state index in [0.717, 1.165) is 17.4 Å². The summed E-state index contributed by atoms with van der Waals surface area (Å²) in [6.45, 7) is 1.56. The van der Waals surface area contributed by atoms with Crippen LogP contribution in [-0.2, 0) is 23.0 Å². The molecule has 3 aromatic rings. The fourth-order valence-electron chi connectivity index (χ4n) is 3.51. The van der Waals surface area contributed by atoms with E-state index in [1.165, 1.54) is 0 Å². The highest BCUT2D eigenvalue weighted by atomic mass is 35.5. The highest BCUT2D eigenvalue weighted by Gasteiger charge is 2.15. The van der Waals surface area contributed by atoms with Gasteiger partial charge in [0, 0.05) is 25.3 Å². The SMILES string of the molecule is CS(=O)(=O)Nc1ccc(OCC(O)CN(CCc2ccc(Cl)c(Cl)c2)Cc2cccc(O)c2)cc1. The van der Waals surface area contributed by atoms with E-state index in [4.69, 9.17) is 27.9 Å². The molecule has 0 bridgehead atoms. The molecule has 0 aromatic heterocycles. The zero-order valence-electron chi connectivity index (χ0n) is 19.2. The lowest BCUT2D eigenvalue weighted by atomic mass is 10.1. The Morgan fingerprint density at radius 3 is 2.40 bits per heavy atom. The van der Waals surface area contributed by atoms with Crippen molar-refractivity contribution in [2.45, 2.75) is 19.1 Å². The van der Waals surface area contributed by atoms with E-state index < -0.39 is 16.1 Å². The number of aromatic hydroxyl groups is 1. The third-order valence-corrected chi connectivity index (χ3v) is 6.43. The first-order chi connectivity index (χ1) is 16.6. The molecule has 0 heterocycles. The van der Waals surface area contributed by atoms with Gasteiger partial charge in [-0.3, -0.25) is 9.62 Å². The van der Waals surface area contributed by atoms with Crippen molar-refractivity contribution in [2.75, 3.05) is 30.7 Å². The highest BCUT2D eigenvalue weighted by molar-refractivity contribution is 7.92. The number of nitrogens with one attached hydrogen (secondary N) is 1. The van der Waals surface area contributed by atoms with E-state index >= 15 is 0 Å². The summed E-state index contributed by atoms with van der Waals surface area (Å²) in [7, 11) is -3.35. The predicted molar refractivity (Wildman–Crippen MR) is 140 cm³/mol. The molecular weight excluding hydrogens is 511 g/mol. The average Bonchev–Trinajstić information content (AvgIpc) is 2.78. The van der Waals surface area contributed by atoms with Gasteiger partial charge < -0.3 is 14.9 Å². The Labute approximate surface area is 215 Å². The minimum Gasteiger partial charge on any atom is -0.508 e. The highest BCUT2D eigenvalue weighted by Crippen LogP contribution is 2.23. The van der Waals surface area contributed by atoms with E-state index in [2.05, 4.69) is 9.62 Å². The van der Waals surface area contributed by atoms with Crippen molar-refractivity contribution in [1.82, 2.24) is 4.90 Å². The molecule has 1 unspecified atom stereocenters. The zero-order chi connectivity index (χ0) is 25.4. The maximum atomic E-state index is 11.3. The van der Waals surface area contributed by atoms with Gasteiger partial charge in [-0.2, -0.15) is 0 Å². The second-order valence-electron chi connectivity index (χ2n) is 8.27. The van der Waals surface area contributed by atoms with Crippen LogP contribution in [0.25, 0.3) is 0 Å². The minimum atomic E-state index is -3.35. The molecule has 0 saturated heterocycles. The van der Waals surface area contributed by atoms with Gasteiger partial charge in [-0.1, -0.05) is 41.4 Å². The lowest BCUT2D eigenvalue weighted by molar-refractivity contribution is 0.0659. The van der Waals surface area contributed by atoms with Gasteiger partial charge >= 0.3 is 0 Å². The van der Waals surface area contributed by atoms with E-state index in [0.29, 0.717) is 47.5 Å². The van der Waals surface area contributed by atoms with Gasteiger partial charge in [0.15, 0.2) is 0 Å². The number of hydrogen-bond donors (Lipinski definition) is 3. The Morgan fingerprint density at radius 1 is 1.00 bits per heavy atom. The summed E-state index contributed by atoms with van der Waals surface area (Å²) in [5.41, 5.74) is 2.37. The number of anilines is 1. The fraction of sp³-hybridized carbons (Fsp3) is 0.280. The van der Waals surface area contributed by atoms with Gasteiger partial charge in [-0.15, -0.1) is 0 Å². The van der Waals surface area contributed by atoms with Crippen LogP contribution in [0.5, 0.6) is 11.5 Å². The number of ether oxygens (including phenoxy) is 1. The molecule has 0 fully saturated rings. The predicted octanol–water partition coefficient (Wildman–Crippen LogP) is 4.56. The molecular formula is C25H28Cl2N2O5S. The number of sulfonamides is 1. The first kappa shape index (κ1) is 27.1. The van der Waals surface area contributed by atoms with Gasteiger partial charge in [0.25, 0.3) is 0 Å². The van der Waals surface area contributed by atoms with Gasteiger partial charge in [0.1, 0.15) is 24.2 Å². The second-order valence-corrected chi connectivity index (χ2v) is 10.8. The van der Waals surface area contributed by atoms with Crippen molar-refractivity contribution in [3.8, 4) is 11.5 Å². The third kappa shape index (κ3) is 9.58. The molecule has 1 atom stereocenters. The van der Waals surface area contributed by atoms with Gasteiger partial charge in [0.2, 0.25) is 10.0 Å². The average molecular weight is 539 g/mol. The summed E-state index contributed by atoms with van der Waals surface area (Å²) in [6.07, 6.45) is 0.991. The Bertz CT molecular complexity index is 1220. The molecule has 0 spiro atoms. The van der Waals surface area contributed by atoms with Gasteiger partial charge in [-0.25, -0.2) is 8.42 Å². The maximum Gasteiger partial charge on any atom is 0.229 e. The first-order valence-corrected chi connectivity index (χ1v) is 13.5. The lowest BCUT2D eigenvalue weighted by Crippen LogP contribution is -2.36. The van der Waals surface area contributed by atoms with Crippen molar-refractivity contribution in [1.29, 1.82) is 0 Å². The van der Waals surface area contributed by atoms with Crippen LogP contribution >= 0.6 is 23.2 Å². The second kappa shape index (κ2) is 12.5. The molecule has 0 radical (unpaired) electrons. The van der Waals surface area contributed by atoms with E-state index in [1.54, 1.807) is 48.5 Å². The standard InChI is InChI=1S/C25H28Cl2N2O5S/c1-35(32,33)28-20-6-8-23(9-7-20)34-17-22(31)16-29(15-19-3-2-4-21(30)13-19)12-11-18-5-10-24(26)25(27)14-18/h2-10,13-14,22,28,30-31H,11-12,15-17H2,1H3. The molecule has 7 nitrogen and oxygen atoms in total. The van der Waals surface area contributed by atoms with Crippen LogP contribution < -0.4 is 9.46 Å². The largest absolute Gasteiger partial charge is 0.508 e. The maximum absolute atomic E-state index is 11.3. The molecule has 0 aliphatic rings. The number of aliphatic hydroxyl groups excluding tert-OH is 1. The molecule has 3 aromatic carbocycles. The summed E-state index contributed by atoms with van der Waals surface area (Å²) in [4.78, 5) is 2.07. The minimum absolute atomic E-state index is 0.0577. The van der Waals surface area contributed by atoms with Crippen molar-refractivity contribution < 1.29 is 23.4 Å². The van der Waals surface area contributed by atoms with Crippen molar-refractivity contribution in [3.63, 3.8) is 0 Å². The number of halogens is 2. The quantitative estimate of drug-likeness (QED) is 0.312. The number of hydrogen-bond acceptors (Lipinski definition) is 6. The molecule has 0 aliphatic heterocycles. The number of phenols is 1. The Hall–Kier alpha value is -2.49. The van der Waals surface area contributed by atoms with Crippen molar-refractivity contribution in [2.24, 2.45) is 0 Å². The summed E-state index contributed by atoms with van der Waals surface area (Å²) >= 11 is 12.2. The van der Waals surface area contributed by atoms with E-state index in [9.17, 15) is 18.6 Å². The number of phenolic OH excluding ortho intramolecular Hbond substituents is 1. The first-order valence-electron chi connectivity index (χ1n) is 10.9. The molecule has 35 heavy (non-hydrogen) atoms. The van der Waals surface area contributed by atoms with Crippen molar-refractivity contribution >= 4 is 38.9 Å². The fourth-order valence-corrected chi connectivity index (χ4v) is 4.39. The molecule has 0 aliphatic carbocycles. The van der Waals surface area contributed by atoms with Crippen LogP contribution in [-0.4, -0.2) is 55.6 Å². The van der Waals surface area contributed by atoms with E-state index in [1.807, 2.05) is 18.2 Å². The number of rotatable bonds is 12. The van der Waals surface area contributed by atoms with Crippen LogP contribution in [0.15, 0.2) is 66.7 Å². The number of nitrogens with zero attached hydrogens (tertiary/aromatic N) is 1. The molecule has 188 valence electrons. The van der Waals surface area contributed by atoms with Gasteiger partial charge in [-0.05, 0) is 66.1 Å². The zero-order valence-corrected chi connectivity index (χ0v) is 21.5. The summed E-state index contributed by atoms with van der Waals surface area (Å²) < 4.78 is 30.7. The van der Waals surface area contributed by atoms with E-state index in [-0.39, 0.29) is 12.4 Å². The molecule has 3 rings (SSSR count). The molecule has 0 amide bonds. The molecule has 10 heteroatoms. The van der Waals surface area contributed by atoms with Crippen LogP contribution in [0.4, 0.5) is 5.69 Å². The van der Waals surface area contributed by atoms with Gasteiger partial charge in [0.05, 0.1) is 16.3 Å². The number of aliphatic hydroxyl groups is 1. The normalized spacial score (nSPS) is 12.5. The summed E-state index contributed by atoms with van der Waals surface area (Å²) in [5.74, 6) is 0.697. The smallest absolute Gasteiger partial charge is 0.229 e. The van der Waals surface area contributed by atoms with Crippen LogP contribution in [0.2, 0.25) is 10.0 Å². The number of benzene rings is 3. The Morgan fingerprint density at radius 2 is 1.74 bits per heavy atom. The van der Waals surface area contributed by atoms with Crippen LogP contribution in [0, 0.1) is 0 Å². The lowest BCUT2D eigenvalue weighted by Gasteiger charge is -2.25.